The summed E-state index contributed by atoms with van der Waals surface area (Å²) in [6.07, 6.45) is 0. The molecule has 2 amide bonds. The molecular weight excluding hydrogens is 468 g/mol. The van der Waals surface area contributed by atoms with Crippen molar-refractivity contribution in [1.29, 1.82) is 0 Å². The van der Waals surface area contributed by atoms with Crippen molar-refractivity contribution < 1.29 is 18.4 Å². The molecule has 0 fully saturated rings. The Bertz CT molecular complexity index is 1680. The molecule has 0 bridgehead atoms. The lowest BCUT2D eigenvalue weighted by molar-refractivity contribution is 0.0996. The van der Waals surface area contributed by atoms with E-state index in [4.69, 9.17) is 20.4 Å². The summed E-state index contributed by atoms with van der Waals surface area (Å²) in [7, 11) is 0. The average molecular weight is 487 g/mol. The third-order valence-electron chi connectivity index (χ3n) is 5.52. The number of rotatable bonds is 4. The second-order valence-electron chi connectivity index (χ2n) is 8.15. The fourth-order valence-corrected chi connectivity index (χ4v) is 4.07. The van der Waals surface area contributed by atoms with Gasteiger partial charge in [0.15, 0.2) is 11.2 Å². The molecule has 2 N–H and O–H groups in total. The van der Waals surface area contributed by atoms with Gasteiger partial charge in [0.25, 0.3) is 11.8 Å². The summed E-state index contributed by atoms with van der Waals surface area (Å²) in [6, 6.07) is 18.2. The normalized spacial score (nSPS) is 11.1. The van der Waals surface area contributed by atoms with Crippen LogP contribution in [0.5, 0.6) is 0 Å². The van der Waals surface area contributed by atoms with E-state index in [1.165, 1.54) is 0 Å². The minimum absolute atomic E-state index is 0.0931. The molecule has 2 heterocycles. The highest BCUT2D eigenvalue weighted by molar-refractivity contribution is 6.30. The van der Waals surface area contributed by atoms with E-state index in [0.717, 1.165) is 17.2 Å². The molecule has 0 saturated heterocycles. The number of halogens is 1. The van der Waals surface area contributed by atoms with Crippen LogP contribution in [0.3, 0.4) is 0 Å². The van der Waals surface area contributed by atoms with Gasteiger partial charge in [0.1, 0.15) is 16.9 Å². The van der Waals surface area contributed by atoms with Crippen molar-refractivity contribution in [3.05, 3.63) is 105 Å². The number of fused-ring (bicyclic) bond motifs is 2. The molecule has 0 atom stereocenters. The Morgan fingerprint density at radius 2 is 1.57 bits per heavy atom. The van der Waals surface area contributed by atoms with Crippen LogP contribution >= 0.6 is 11.6 Å². The number of hydrogen-bond acceptors (Lipinski definition) is 5. The number of furan rings is 1. The fourth-order valence-electron chi connectivity index (χ4n) is 3.95. The van der Waals surface area contributed by atoms with Crippen molar-refractivity contribution in [2.75, 3.05) is 10.6 Å². The van der Waals surface area contributed by atoms with Gasteiger partial charge in [-0.1, -0.05) is 29.8 Å². The lowest BCUT2D eigenvalue weighted by Gasteiger charge is -2.09. The Hall–Kier alpha value is -4.36. The Balaban J connectivity index is 1.53. The van der Waals surface area contributed by atoms with Gasteiger partial charge < -0.3 is 19.5 Å². The minimum atomic E-state index is -0.684. The monoisotopic (exact) mass is 486 g/mol. The summed E-state index contributed by atoms with van der Waals surface area (Å²) in [5.41, 5.74) is 2.75. The molecule has 174 valence electrons. The maximum atomic E-state index is 13.2. The lowest BCUT2D eigenvalue weighted by Crippen LogP contribution is -2.18. The first-order valence-electron chi connectivity index (χ1n) is 10.7. The van der Waals surface area contributed by atoms with Crippen LogP contribution in [0.2, 0.25) is 5.02 Å². The number of aryl methyl sites for hydroxylation is 2. The van der Waals surface area contributed by atoms with Crippen molar-refractivity contribution in [3.63, 3.8) is 0 Å². The second-order valence-corrected chi connectivity index (χ2v) is 8.59. The summed E-state index contributed by atoms with van der Waals surface area (Å²) in [5.74, 6) is -1.52. The van der Waals surface area contributed by atoms with Crippen LogP contribution < -0.4 is 16.1 Å². The third-order valence-corrected chi connectivity index (χ3v) is 5.78. The number of para-hydroxylation sites is 1. The van der Waals surface area contributed by atoms with Gasteiger partial charge >= 0.3 is 0 Å². The Labute approximate surface area is 204 Å². The molecule has 8 heteroatoms. The largest absolute Gasteiger partial charge is 0.450 e. The van der Waals surface area contributed by atoms with E-state index < -0.39 is 11.8 Å². The molecule has 0 aliphatic rings. The summed E-state index contributed by atoms with van der Waals surface area (Å²) in [6.45, 7) is 3.69. The number of carbonyl (C=O) groups excluding carboxylic acids is 2. The molecule has 0 aliphatic heterocycles. The van der Waals surface area contributed by atoms with Crippen LogP contribution in [0.15, 0.2) is 80.4 Å². The molecule has 0 spiro atoms. The van der Waals surface area contributed by atoms with Crippen molar-refractivity contribution in [2.24, 2.45) is 0 Å². The third kappa shape index (κ3) is 4.29. The van der Waals surface area contributed by atoms with Gasteiger partial charge in [-0.3, -0.25) is 14.4 Å². The molecule has 5 rings (SSSR count). The van der Waals surface area contributed by atoms with Crippen molar-refractivity contribution in [3.8, 4) is 0 Å². The first-order chi connectivity index (χ1) is 16.8. The standard InChI is InChI=1S/C27H19ClN2O5/c1-14-11-15(2)24-19(12-14)20(31)13-22(35-24)26(32)30-23-18-5-3-4-6-21(18)34-25(23)27(33)29-17-9-7-16(28)8-10-17/h3-13H,1-2H3,(H,29,33)(H,30,32). The van der Waals surface area contributed by atoms with Crippen LogP contribution in [-0.2, 0) is 0 Å². The van der Waals surface area contributed by atoms with E-state index >= 15 is 0 Å². The number of amides is 2. The molecule has 0 unspecified atom stereocenters. The second kappa shape index (κ2) is 8.77. The van der Waals surface area contributed by atoms with Crippen molar-refractivity contribution in [1.82, 2.24) is 0 Å². The van der Waals surface area contributed by atoms with E-state index in [0.29, 0.717) is 32.6 Å². The molecular formula is C27H19ClN2O5. The first-order valence-corrected chi connectivity index (χ1v) is 11.1. The van der Waals surface area contributed by atoms with E-state index in [2.05, 4.69) is 10.6 Å². The SMILES string of the molecule is Cc1cc(C)c2oc(C(=O)Nc3c(C(=O)Nc4ccc(Cl)cc4)oc4ccccc34)cc(=O)c2c1. The molecule has 0 aliphatic carbocycles. The van der Waals surface area contributed by atoms with Gasteiger partial charge in [-0.25, -0.2) is 0 Å². The summed E-state index contributed by atoms with van der Waals surface area (Å²) >= 11 is 5.91. The number of benzene rings is 3. The van der Waals surface area contributed by atoms with E-state index in [-0.39, 0.29) is 22.6 Å². The number of anilines is 2. The highest BCUT2D eigenvalue weighted by Crippen LogP contribution is 2.32. The molecule has 0 saturated carbocycles. The van der Waals surface area contributed by atoms with Crippen molar-refractivity contribution in [2.45, 2.75) is 13.8 Å². The minimum Gasteiger partial charge on any atom is -0.450 e. The maximum absolute atomic E-state index is 13.2. The fraction of sp³-hybridized carbons (Fsp3) is 0.0741. The van der Waals surface area contributed by atoms with Crippen LogP contribution in [0.4, 0.5) is 11.4 Å². The maximum Gasteiger partial charge on any atom is 0.293 e. The van der Waals surface area contributed by atoms with Gasteiger partial charge in [0, 0.05) is 22.2 Å². The molecule has 3 aromatic carbocycles. The summed E-state index contributed by atoms with van der Waals surface area (Å²) < 4.78 is 11.6. The first kappa shape index (κ1) is 22.4. The molecule has 5 aromatic rings. The van der Waals surface area contributed by atoms with Crippen LogP contribution in [0, 0.1) is 13.8 Å². The highest BCUT2D eigenvalue weighted by Gasteiger charge is 2.24. The van der Waals surface area contributed by atoms with Gasteiger partial charge in [-0.05, 0) is 67.4 Å². The number of carbonyl (C=O) groups is 2. The predicted molar refractivity (Wildman–Crippen MR) is 136 cm³/mol. The molecule has 35 heavy (non-hydrogen) atoms. The van der Waals surface area contributed by atoms with Gasteiger partial charge in [-0.2, -0.15) is 0 Å². The van der Waals surface area contributed by atoms with Crippen molar-refractivity contribution >= 4 is 56.7 Å². The summed E-state index contributed by atoms with van der Waals surface area (Å²) in [4.78, 5) is 38.9. The predicted octanol–water partition coefficient (Wildman–Crippen LogP) is 6.31. The van der Waals surface area contributed by atoms with E-state index in [9.17, 15) is 14.4 Å². The van der Waals surface area contributed by atoms with Crippen LogP contribution in [-0.4, -0.2) is 11.8 Å². The molecule has 2 aromatic heterocycles. The lowest BCUT2D eigenvalue weighted by atomic mass is 10.1. The number of nitrogens with one attached hydrogen (secondary N) is 2. The zero-order valence-corrected chi connectivity index (χ0v) is 19.5. The Kier molecular flexibility index (Phi) is 5.62. The van der Waals surface area contributed by atoms with E-state index in [1.807, 2.05) is 19.9 Å². The zero-order valence-electron chi connectivity index (χ0n) is 18.8. The smallest absolute Gasteiger partial charge is 0.293 e. The van der Waals surface area contributed by atoms with Crippen LogP contribution in [0.25, 0.3) is 21.9 Å². The average Bonchev–Trinajstić information content (AvgIpc) is 3.19. The van der Waals surface area contributed by atoms with E-state index in [1.54, 1.807) is 54.6 Å². The molecule has 0 radical (unpaired) electrons. The Morgan fingerprint density at radius 1 is 0.829 bits per heavy atom. The zero-order chi connectivity index (χ0) is 24.7. The molecule has 7 nitrogen and oxygen atoms in total. The van der Waals surface area contributed by atoms with Gasteiger partial charge in [0.2, 0.25) is 5.76 Å². The van der Waals surface area contributed by atoms with Gasteiger partial charge in [0.05, 0.1) is 5.39 Å². The quantitative estimate of drug-likeness (QED) is 0.310. The van der Waals surface area contributed by atoms with Gasteiger partial charge in [-0.15, -0.1) is 0 Å². The highest BCUT2D eigenvalue weighted by atomic mass is 35.5. The summed E-state index contributed by atoms with van der Waals surface area (Å²) in [5, 5.41) is 6.88. The topological polar surface area (TPSA) is 102 Å². The number of hydrogen-bond donors (Lipinski definition) is 2. The van der Waals surface area contributed by atoms with Crippen LogP contribution in [0.1, 0.15) is 32.2 Å². The Morgan fingerprint density at radius 3 is 2.34 bits per heavy atom.